The number of nitrogens with two attached hydrogens (primary N) is 1. The molecule has 3 N–H and O–H groups in total. The molecular weight excluding hydrogens is 251 g/mol. The Hall–Kier alpha value is -1.82. The molecule has 0 atom stereocenters. The van der Waals surface area contributed by atoms with Crippen LogP contribution in [0, 0.1) is 5.82 Å². The molecule has 0 spiro atoms. The number of aromatic carboxylic acids is 1. The number of anilines is 1. The van der Waals surface area contributed by atoms with Gasteiger partial charge in [0.25, 0.3) is 0 Å². The molecule has 1 aromatic carbocycles. The van der Waals surface area contributed by atoms with E-state index in [1.165, 1.54) is 0 Å². The van der Waals surface area contributed by atoms with E-state index < -0.39 is 17.3 Å². The van der Waals surface area contributed by atoms with Crippen LogP contribution in [0.25, 0.3) is 0 Å². The molecule has 5 nitrogen and oxygen atoms in total. The van der Waals surface area contributed by atoms with E-state index in [2.05, 4.69) is 4.90 Å². The molecule has 19 heavy (non-hydrogen) atoms. The minimum absolute atomic E-state index is 0.00595. The normalized spacial score (nSPS) is 17.4. The Morgan fingerprint density at radius 3 is 2.68 bits per heavy atom. The lowest BCUT2D eigenvalue weighted by Gasteiger charge is -2.29. The number of rotatable bonds is 3. The summed E-state index contributed by atoms with van der Waals surface area (Å²) in [5, 5.41) is 8.79. The number of benzene rings is 1. The molecule has 0 unspecified atom stereocenters. The average molecular weight is 268 g/mol. The number of ether oxygens (including phenoxy) is 1. The topological polar surface area (TPSA) is 75.8 Å². The summed E-state index contributed by atoms with van der Waals surface area (Å²) in [5.41, 5.74) is 5.42. The summed E-state index contributed by atoms with van der Waals surface area (Å²) < 4.78 is 19.2. The van der Waals surface area contributed by atoms with Gasteiger partial charge in [-0.25, -0.2) is 9.18 Å². The number of carboxylic acids is 1. The monoisotopic (exact) mass is 268 g/mol. The van der Waals surface area contributed by atoms with Crippen LogP contribution in [0.5, 0.6) is 5.75 Å². The van der Waals surface area contributed by atoms with Gasteiger partial charge in [-0.15, -0.1) is 0 Å². The fraction of sp³-hybridized carbons (Fsp3) is 0.462. The Balaban J connectivity index is 2.13. The number of hydrogen-bond donors (Lipinski definition) is 2. The molecule has 0 radical (unpaired) electrons. The van der Waals surface area contributed by atoms with Crippen LogP contribution in [0.3, 0.4) is 0 Å². The second-order valence-electron chi connectivity index (χ2n) is 4.80. The predicted octanol–water partition coefficient (Wildman–Crippen LogP) is 1.58. The van der Waals surface area contributed by atoms with Crippen LogP contribution in [-0.4, -0.2) is 42.2 Å². The lowest BCUT2D eigenvalue weighted by atomic mass is 10.1. The molecular formula is C13H17FN2O3. The number of nitrogens with zero attached hydrogens (tertiary/aromatic N) is 1. The Labute approximate surface area is 110 Å². The van der Waals surface area contributed by atoms with Gasteiger partial charge in [0.15, 0.2) is 0 Å². The molecule has 1 saturated heterocycles. The zero-order valence-corrected chi connectivity index (χ0v) is 10.7. The highest BCUT2D eigenvalue weighted by molar-refractivity contribution is 5.89. The molecule has 0 bridgehead atoms. The SMILES string of the molecule is CN1CCC(Oc2cc(F)c(C(=O)O)cc2N)CC1. The van der Waals surface area contributed by atoms with Crippen LogP contribution in [0.15, 0.2) is 12.1 Å². The summed E-state index contributed by atoms with van der Waals surface area (Å²) in [4.78, 5) is 13.0. The maximum Gasteiger partial charge on any atom is 0.338 e. The summed E-state index contributed by atoms with van der Waals surface area (Å²) in [7, 11) is 2.03. The third-order valence-corrected chi connectivity index (χ3v) is 3.29. The van der Waals surface area contributed by atoms with Crippen LogP contribution >= 0.6 is 0 Å². The lowest BCUT2D eigenvalue weighted by molar-refractivity contribution is 0.0691. The third kappa shape index (κ3) is 3.14. The van der Waals surface area contributed by atoms with E-state index in [4.69, 9.17) is 15.6 Å². The van der Waals surface area contributed by atoms with Gasteiger partial charge < -0.3 is 20.5 Å². The highest BCUT2D eigenvalue weighted by Gasteiger charge is 2.21. The largest absolute Gasteiger partial charge is 0.488 e. The molecule has 1 aliphatic heterocycles. The summed E-state index contributed by atoms with van der Waals surface area (Å²) in [6.45, 7) is 1.83. The van der Waals surface area contributed by atoms with Crippen molar-refractivity contribution in [1.29, 1.82) is 0 Å². The molecule has 2 rings (SSSR count). The smallest absolute Gasteiger partial charge is 0.338 e. The summed E-state index contributed by atoms with van der Waals surface area (Å²) >= 11 is 0. The Morgan fingerprint density at radius 2 is 2.11 bits per heavy atom. The number of hydrogen-bond acceptors (Lipinski definition) is 4. The molecule has 0 amide bonds. The number of piperidine rings is 1. The van der Waals surface area contributed by atoms with E-state index in [0.717, 1.165) is 38.1 Å². The van der Waals surface area contributed by atoms with E-state index in [1.807, 2.05) is 7.05 Å². The first-order valence-electron chi connectivity index (χ1n) is 6.15. The van der Waals surface area contributed by atoms with Crippen molar-refractivity contribution in [2.24, 2.45) is 0 Å². The van der Waals surface area contributed by atoms with Gasteiger partial charge in [-0.05, 0) is 26.0 Å². The second-order valence-corrected chi connectivity index (χ2v) is 4.80. The molecule has 1 aromatic rings. The van der Waals surface area contributed by atoms with Gasteiger partial charge in [0.1, 0.15) is 17.7 Å². The maximum atomic E-state index is 13.6. The van der Waals surface area contributed by atoms with Gasteiger partial charge in [-0.1, -0.05) is 0 Å². The van der Waals surface area contributed by atoms with Crippen molar-refractivity contribution >= 4 is 11.7 Å². The Morgan fingerprint density at radius 1 is 1.47 bits per heavy atom. The first-order chi connectivity index (χ1) is 8.97. The van der Waals surface area contributed by atoms with Crippen LogP contribution in [0.2, 0.25) is 0 Å². The summed E-state index contributed by atoms with van der Waals surface area (Å²) in [6, 6.07) is 2.15. The predicted molar refractivity (Wildman–Crippen MR) is 68.9 cm³/mol. The van der Waals surface area contributed by atoms with E-state index in [0.29, 0.717) is 0 Å². The highest BCUT2D eigenvalue weighted by atomic mass is 19.1. The Bertz CT molecular complexity index is 485. The van der Waals surface area contributed by atoms with E-state index >= 15 is 0 Å². The number of halogens is 1. The van der Waals surface area contributed by atoms with Crippen LogP contribution < -0.4 is 10.5 Å². The number of carboxylic acid groups (broad SMARTS) is 1. The standard InChI is InChI=1S/C13H17FN2O3/c1-16-4-2-8(3-5-16)19-12-7-10(14)9(13(17)18)6-11(12)15/h6-8H,2-5,15H2,1H3,(H,17,18). The van der Waals surface area contributed by atoms with Crippen molar-refractivity contribution in [3.8, 4) is 5.75 Å². The molecule has 0 aromatic heterocycles. The third-order valence-electron chi connectivity index (χ3n) is 3.29. The van der Waals surface area contributed by atoms with Gasteiger partial charge in [0, 0.05) is 19.2 Å². The number of carbonyl (C=O) groups is 1. The molecule has 6 heteroatoms. The molecule has 1 aliphatic rings. The number of nitrogen functional groups attached to an aromatic ring is 1. The van der Waals surface area contributed by atoms with Gasteiger partial charge in [0.2, 0.25) is 0 Å². The van der Waals surface area contributed by atoms with Gasteiger partial charge >= 0.3 is 5.97 Å². The van der Waals surface area contributed by atoms with E-state index in [1.54, 1.807) is 0 Å². The lowest BCUT2D eigenvalue weighted by Crippen LogP contribution is -2.35. The van der Waals surface area contributed by atoms with Crippen molar-refractivity contribution in [1.82, 2.24) is 4.90 Å². The molecule has 1 fully saturated rings. The van der Waals surface area contributed by atoms with Crippen LogP contribution in [-0.2, 0) is 0 Å². The van der Waals surface area contributed by atoms with Crippen molar-refractivity contribution in [2.75, 3.05) is 25.9 Å². The zero-order valence-electron chi connectivity index (χ0n) is 10.7. The first-order valence-corrected chi connectivity index (χ1v) is 6.15. The van der Waals surface area contributed by atoms with E-state index in [9.17, 15) is 9.18 Å². The minimum Gasteiger partial charge on any atom is -0.488 e. The van der Waals surface area contributed by atoms with Crippen molar-refractivity contribution < 1.29 is 19.0 Å². The van der Waals surface area contributed by atoms with E-state index in [-0.39, 0.29) is 17.5 Å². The molecule has 104 valence electrons. The minimum atomic E-state index is -1.34. The molecule has 1 heterocycles. The fourth-order valence-corrected chi connectivity index (χ4v) is 2.12. The van der Waals surface area contributed by atoms with Crippen LogP contribution in [0.4, 0.5) is 10.1 Å². The maximum absolute atomic E-state index is 13.6. The molecule has 0 saturated carbocycles. The van der Waals surface area contributed by atoms with Gasteiger partial charge in [-0.2, -0.15) is 0 Å². The van der Waals surface area contributed by atoms with Gasteiger partial charge in [-0.3, -0.25) is 0 Å². The molecule has 0 aliphatic carbocycles. The zero-order chi connectivity index (χ0) is 14.0. The van der Waals surface area contributed by atoms with Crippen molar-refractivity contribution in [3.05, 3.63) is 23.5 Å². The Kier molecular flexibility index (Phi) is 3.90. The number of likely N-dealkylation sites (tertiary alicyclic amines) is 1. The quantitative estimate of drug-likeness (QED) is 0.814. The summed E-state index contributed by atoms with van der Waals surface area (Å²) in [5.74, 6) is -1.95. The highest BCUT2D eigenvalue weighted by Crippen LogP contribution is 2.28. The first kappa shape index (κ1) is 13.6. The van der Waals surface area contributed by atoms with Crippen molar-refractivity contribution in [2.45, 2.75) is 18.9 Å². The van der Waals surface area contributed by atoms with Crippen molar-refractivity contribution in [3.63, 3.8) is 0 Å². The van der Waals surface area contributed by atoms with Crippen LogP contribution in [0.1, 0.15) is 23.2 Å². The van der Waals surface area contributed by atoms with Gasteiger partial charge in [0.05, 0.1) is 11.3 Å². The average Bonchev–Trinajstić information content (AvgIpc) is 2.35. The second kappa shape index (κ2) is 5.44. The summed E-state index contributed by atoms with van der Waals surface area (Å²) in [6.07, 6.45) is 1.69. The fourth-order valence-electron chi connectivity index (χ4n) is 2.12.